The first-order valence-electron chi connectivity index (χ1n) is 8.24. The number of hydrogen-bond donors (Lipinski definition) is 0. The van der Waals surface area contributed by atoms with Crippen LogP contribution in [-0.2, 0) is 4.79 Å². The molecule has 1 aliphatic rings. The van der Waals surface area contributed by atoms with Crippen molar-refractivity contribution in [2.45, 2.75) is 6.92 Å². The largest absolute Gasteiger partial charge is 0.484 e. The molecule has 1 aromatic carbocycles. The molecule has 25 heavy (non-hydrogen) atoms. The molecule has 0 N–H and O–H groups in total. The number of hydrogen-bond acceptors (Lipinski definition) is 5. The summed E-state index contributed by atoms with van der Waals surface area (Å²) in [4.78, 5) is 20.5. The van der Waals surface area contributed by atoms with E-state index < -0.39 is 0 Å². The minimum Gasteiger partial charge on any atom is -0.484 e. The van der Waals surface area contributed by atoms with Gasteiger partial charge in [-0.3, -0.25) is 4.79 Å². The van der Waals surface area contributed by atoms with Crippen LogP contribution in [0.4, 0.5) is 5.82 Å². The molecule has 0 saturated carbocycles. The second-order valence-electron chi connectivity index (χ2n) is 5.96. The fourth-order valence-corrected chi connectivity index (χ4v) is 2.77. The Hall–Kier alpha value is -3.07. The van der Waals surface area contributed by atoms with Crippen LogP contribution in [-0.4, -0.2) is 48.6 Å². The maximum absolute atomic E-state index is 12.3. The third kappa shape index (κ3) is 4.07. The third-order valence-electron chi connectivity index (χ3n) is 4.22. The Labute approximate surface area is 147 Å². The molecule has 0 atom stereocenters. The summed E-state index contributed by atoms with van der Waals surface area (Å²) < 4.78 is 5.56. The Bertz CT molecular complexity index is 775. The average Bonchev–Trinajstić information content (AvgIpc) is 2.67. The summed E-state index contributed by atoms with van der Waals surface area (Å²) in [6.45, 7) is 4.54. The number of nitrogens with zero attached hydrogens (tertiary/aromatic N) is 4. The summed E-state index contributed by atoms with van der Waals surface area (Å²) in [5.74, 6) is 1.36. The number of ether oxygens (including phenoxy) is 1. The number of aryl methyl sites for hydroxylation is 1. The first kappa shape index (κ1) is 16.8. The maximum Gasteiger partial charge on any atom is 0.260 e. The number of carbonyl (C=O) groups is 1. The highest BCUT2D eigenvalue weighted by molar-refractivity contribution is 5.78. The van der Waals surface area contributed by atoms with Crippen molar-refractivity contribution in [3.05, 3.63) is 53.7 Å². The van der Waals surface area contributed by atoms with Gasteiger partial charge in [-0.2, -0.15) is 5.26 Å². The van der Waals surface area contributed by atoms with Crippen LogP contribution in [0, 0.1) is 18.3 Å². The normalized spacial score (nSPS) is 14.1. The highest BCUT2D eigenvalue weighted by Crippen LogP contribution is 2.18. The number of piperazine rings is 1. The summed E-state index contributed by atoms with van der Waals surface area (Å²) in [6.07, 6.45) is 1.68. The van der Waals surface area contributed by atoms with Crippen molar-refractivity contribution in [2.24, 2.45) is 0 Å². The van der Waals surface area contributed by atoms with E-state index in [0.29, 0.717) is 43.3 Å². The van der Waals surface area contributed by atoms with E-state index >= 15 is 0 Å². The van der Waals surface area contributed by atoms with Crippen molar-refractivity contribution < 1.29 is 9.53 Å². The van der Waals surface area contributed by atoms with Gasteiger partial charge in [0.2, 0.25) is 0 Å². The van der Waals surface area contributed by atoms with Gasteiger partial charge in [-0.1, -0.05) is 17.7 Å². The van der Waals surface area contributed by atoms with E-state index in [1.807, 2.05) is 36.1 Å². The van der Waals surface area contributed by atoms with Gasteiger partial charge in [-0.25, -0.2) is 4.98 Å². The zero-order valence-electron chi connectivity index (χ0n) is 14.2. The molecule has 1 fully saturated rings. The Kier molecular flexibility index (Phi) is 5.14. The number of aromatic nitrogens is 1. The summed E-state index contributed by atoms with van der Waals surface area (Å²) in [7, 11) is 0. The zero-order chi connectivity index (χ0) is 17.6. The van der Waals surface area contributed by atoms with E-state index in [0.717, 1.165) is 5.56 Å². The number of anilines is 1. The van der Waals surface area contributed by atoms with Crippen molar-refractivity contribution in [2.75, 3.05) is 37.7 Å². The number of pyridine rings is 1. The quantitative estimate of drug-likeness (QED) is 0.854. The predicted octanol–water partition coefficient (Wildman–Crippen LogP) is 1.99. The van der Waals surface area contributed by atoms with Crippen LogP contribution in [0.3, 0.4) is 0 Å². The number of rotatable bonds is 4. The number of amides is 1. The van der Waals surface area contributed by atoms with Gasteiger partial charge in [0.1, 0.15) is 17.6 Å². The minimum absolute atomic E-state index is 0.0262. The molecule has 0 spiro atoms. The van der Waals surface area contributed by atoms with E-state index in [-0.39, 0.29) is 12.5 Å². The van der Waals surface area contributed by atoms with Gasteiger partial charge in [-0.05, 0) is 31.2 Å². The molecule has 1 aromatic heterocycles. The highest BCUT2D eigenvalue weighted by atomic mass is 16.5. The van der Waals surface area contributed by atoms with E-state index in [2.05, 4.69) is 11.1 Å². The van der Waals surface area contributed by atoms with Crippen molar-refractivity contribution in [1.29, 1.82) is 5.26 Å². The molecule has 128 valence electrons. The van der Waals surface area contributed by atoms with Gasteiger partial charge < -0.3 is 14.5 Å². The standard InChI is InChI=1S/C19H20N4O2/c1-15-4-6-17(7-5-15)25-14-18(24)22-9-11-23(12-10-22)19-16(13-20)3-2-8-21-19/h2-8H,9-12,14H2,1H3. The molecule has 0 unspecified atom stereocenters. The molecule has 1 saturated heterocycles. The molecule has 2 aromatic rings. The molecular formula is C19H20N4O2. The molecule has 6 nitrogen and oxygen atoms in total. The number of carbonyl (C=O) groups excluding carboxylic acids is 1. The summed E-state index contributed by atoms with van der Waals surface area (Å²) in [6, 6.07) is 13.3. The first-order chi connectivity index (χ1) is 12.2. The van der Waals surface area contributed by atoms with Gasteiger partial charge in [0.15, 0.2) is 6.61 Å². The number of benzene rings is 1. The Balaban J connectivity index is 1.52. The minimum atomic E-state index is -0.0262. The van der Waals surface area contributed by atoms with Crippen LogP contribution in [0.2, 0.25) is 0 Å². The topological polar surface area (TPSA) is 69.5 Å². The maximum atomic E-state index is 12.3. The molecule has 3 rings (SSSR count). The van der Waals surface area contributed by atoms with Crippen LogP contribution < -0.4 is 9.64 Å². The molecule has 0 aliphatic carbocycles. The fourth-order valence-electron chi connectivity index (χ4n) is 2.77. The SMILES string of the molecule is Cc1ccc(OCC(=O)N2CCN(c3ncccc3C#N)CC2)cc1. The monoisotopic (exact) mass is 336 g/mol. The van der Waals surface area contributed by atoms with E-state index in [1.165, 1.54) is 0 Å². The van der Waals surface area contributed by atoms with Gasteiger partial charge >= 0.3 is 0 Å². The van der Waals surface area contributed by atoms with Crippen LogP contribution in [0.1, 0.15) is 11.1 Å². The van der Waals surface area contributed by atoms with Crippen LogP contribution in [0.5, 0.6) is 5.75 Å². The van der Waals surface area contributed by atoms with Gasteiger partial charge in [0.25, 0.3) is 5.91 Å². The summed E-state index contributed by atoms with van der Waals surface area (Å²) >= 11 is 0. The highest BCUT2D eigenvalue weighted by Gasteiger charge is 2.23. The average molecular weight is 336 g/mol. The van der Waals surface area contributed by atoms with Crippen molar-refractivity contribution in [3.63, 3.8) is 0 Å². The van der Waals surface area contributed by atoms with Crippen molar-refractivity contribution in [1.82, 2.24) is 9.88 Å². The summed E-state index contributed by atoms with van der Waals surface area (Å²) in [5, 5.41) is 9.19. The molecule has 6 heteroatoms. The van der Waals surface area contributed by atoms with Gasteiger partial charge in [-0.15, -0.1) is 0 Å². The second-order valence-corrected chi connectivity index (χ2v) is 5.96. The van der Waals surface area contributed by atoms with Crippen LogP contribution >= 0.6 is 0 Å². The van der Waals surface area contributed by atoms with Gasteiger partial charge in [0.05, 0.1) is 5.56 Å². The zero-order valence-corrected chi connectivity index (χ0v) is 14.2. The Morgan fingerprint density at radius 3 is 2.60 bits per heavy atom. The lowest BCUT2D eigenvalue weighted by atomic mass is 10.2. The Morgan fingerprint density at radius 2 is 1.92 bits per heavy atom. The lowest BCUT2D eigenvalue weighted by molar-refractivity contribution is -0.133. The molecule has 0 radical (unpaired) electrons. The molecule has 0 bridgehead atoms. The second kappa shape index (κ2) is 7.67. The third-order valence-corrected chi connectivity index (χ3v) is 4.22. The number of nitriles is 1. The fraction of sp³-hybridized carbons (Fsp3) is 0.316. The van der Waals surface area contributed by atoms with E-state index in [4.69, 9.17) is 4.74 Å². The molecule has 1 aliphatic heterocycles. The first-order valence-corrected chi connectivity index (χ1v) is 8.24. The lowest BCUT2D eigenvalue weighted by Crippen LogP contribution is -2.50. The molecular weight excluding hydrogens is 316 g/mol. The van der Waals surface area contributed by atoms with Crippen molar-refractivity contribution in [3.8, 4) is 11.8 Å². The lowest BCUT2D eigenvalue weighted by Gasteiger charge is -2.35. The van der Waals surface area contributed by atoms with Crippen LogP contribution in [0.25, 0.3) is 0 Å². The van der Waals surface area contributed by atoms with Crippen LogP contribution in [0.15, 0.2) is 42.6 Å². The Morgan fingerprint density at radius 1 is 1.20 bits per heavy atom. The molecule has 2 heterocycles. The molecule has 1 amide bonds. The van der Waals surface area contributed by atoms with Gasteiger partial charge in [0, 0.05) is 32.4 Å². The smallest absolute Gasteiger partial charge is 0.260 e. The summed E-state index contributed by atoms with van der Waals surface area (Å²) in [5.41, 5.74) is 1.71. The predicted molar refractivity (Wildman–Crippen MR) is 94.4 cm³/mol. The van der Waals surface area contributed by atoms with Crippen molar-refractivity contribution >= 4 is 11.7 Å². The van der Waals surface area contributed by atoms with E-state index in [9.17, 15) is 10.1 Å². The van der Waals surface area contributed by atoms with E-state index in [1.54, 1.807) is 23.2 Å².